The van der Waals surface area contributed by atoms with E-state index in [2.05, 4.69) is 72.4 Å². The summed E-state index contributed by atoms with van der Waals surface area (Å²) in [4.78, 5) is 10.5. The Balaban J connectivity index is 1.71. The fourth-order valence-corrected chi connectivity index (χ4v) is 5.31. The maximum Gasteiger partial charge on any atom is 0.327 e. The third-order valence-corrected chi connectivity index (χ3v) is 6.94. The lowest BCUT2D eigenvalue weighted by Crippen LogP contribution is -2.05. The monoisotopic (exact) mass is 414 g/mol. The van der Waals surface area contributed by atoms with Crippen molar-refractivity contribution in [2.24, 2.45) is 0 Å². The average molecular weight is 415 g/mol. The molecule has 0 aromatic heterocycles. The highest BCUT2D eigenvalue weighted by atomic mass is 32.2. The van der Waals surface area contributed by atoms with E-state index in [0.29, 0.717) is 5.25 Å². The van der Waals surface area contributed by atoms with E-state index in [1.54, 1.807) is 6.08 Å². The van der Waals surface area contributed by atoms with Gasteiger partial charge in [-0.05, 0) is 42.6 Å². The predicted molar refractivity (Wildman–Crippen MR) is 124 cm³/mol. The minimum absolute atomic E-state index is 0.659. The fourth-order valence-electron chi connectivity index (χ4n) is 2.90. The second-order valence-corrected chi connectivity index (χ2v) is 9.16. The molecule has 0 aliphatic rings. The van der Waals surface area contributed by atoms with Gasteiger partial charge in [0.15, 0.2) is 0 Å². The van der Waals surface area contributed by atoms with Gasteiger partial charge in [-0.15, -0.1) is 0 Å². The first-order valence-corrected chi connectivity index (χ1v) is 12.1. The van der Waals surface area contributed by atoms with Crippen LogP contribution in [0.5, 0.6) is 0 Å². The van der Waals surface area contributed by atoms with E-state index in [1.807, 2.05) is 11.8 Å². The van der Waals surface area contributed by atoms with Gasteiger partial charge in [0.2, 0.25) is 0 Å². The third-order valence-electron chi connectivity index (χ3n) is 4.43. The molecule has 2 rings (SSSR count). The average Bonchev–Trinajstić information content (AvgIpc) is 2.72. The van der Waals surface area contributed by atoms with E-state index < -0.39 is 5.97 Å². The number of unbranched alkanes of at least 4 members (excludes halogenated alkanes) is 2. The molecular formula is C24H30O2S2. The van der Waals surface area contributed by atoms with Gasteiger partial charge in [0.1, 0.15) is 0 Å². The molecule has 2 aromatic rings. The normalized spacial score (nSPS) is 12.3. The Hall–Kier alpha value is -1.65. The highest BCUT2D eigenvalue weighted by Gasteiger charge is 2.10. The smallest absolute Gasteiger partial charge is 0.327 e. The number of hydrogen-bond acceptors (Lipinski definition) is 3. The van der Waals surface area contributed by atoms with Crippen LogP contribution in [0.25, 0.3) is 0 Å². The standard InChI is InChI=1S/C24H30O2S2/c25-24(26)16-10-2-1-9-15-23(28-20-22-13-7-4-8-14-22)17-18-27-19-21-11-5-3-6-12-21/h3-8,10-14,16,23H,1-2,9,15,17-20H2,(H,25,26)/b16-10+. The molecule has 1 N–H and O–H groups in total. The number of aliphatic carboxylic acids is 1. The number of carboxylic acid groups (broad SMARTS) is 1. The molecular weight excluding hydrogens is 384 g/mol. The van der Waals surface area contributed by atoms with Crippen molar-refractivity contribution < 1.29 is 9.90 Å². The second kappa shape index (κ2) is 14.4. The minimum Gasteiger partial charge on any atom is -0.478 e. The lowest BCUT2D eigenvalue weighted by Gasteiger charge is -2.16. The Morgan fingerprint density at radius 1 is 0.893 bits per heavy atom. The quantitative estimate of drug-likeness (QED) is 0.272. The maximum absolute atomic E-state index is 10.5. The Morgan fingerprint density at radius 3 is 2.18 bits per heavy atom. The molecule has 4 heteroatoms. The Labute approximate surface area is 177 Å². The lowest BCUT2D eigenvalue weighted by molar-refractivity contribution is -0.131. The van der Waals surface area contributed by atoms with Crippen LogP contribution in [0, 0.1) is 0 Å². The van der Waals surface area contributed by atoms with Crippen molar-refractivity contribution in [3.63, 3.8) is 0 Å². The molecule has 150 valence electrons. The summed E-state index contributed by atoms with van der Waals surface area (Å²) in [5.74, 6) is 2.47. The van der Waals surface area contributed by atoms with Crippen LogP contribution in [0.3, 0.4) is 0 Å². The van der Waals surface area contributed by atoms with Crippen LogP contribution >= 0.6 is 23.5 Å². The van der Waals surface area contributed by atoms with Gasteiger partial charge in [0.25, 0.3) is 0 Å². The van der Waals surface area contributed by atoms with Crippen molar-refractivity contribution in [1.82, 2.24) is 0 Å². The largest absolute Gasteiger partial charge is 0.478 e. The number of thioether (sulfide) groups is 2. The van der Waals surface area contributed by atoms with Gasteiger partial charge >= 0.3 is 5.97 Å². The number of rotatable bonds is 14. The van der Waals surface area contributed by atoms with E-state index in [-0.39, 0.29) is 0 Å². The number of allylic oxidation sites excluding steroid dienone is 1. The molecule has 0 bridgehead atoms. The summed E-state index contributed by atoms with van der Waals surface area (Å²) in [7, 11) is 0. The summed E-state index contributed by atoms with van der Waals surface area (Å²) in [6.45, 7) is 0. The molecule has 0 saturated carbocycles. The first-order chi connectivity index (χ1) is 13.7. The molecule has 2 aromatic carbocycles. The van der Waals surface area contributed by atoms with Crippen LogP contribution in [-0.4, -0.2) is 22.1 Å². The van der Waals surface area contributed by atoms with E-state index in [0.717, 1.165) is 30.8 Å². The molecule has 1 unspecified atom stereocenters. The molecule has 0 aliphatic carbocycles. The van der Waals surface area contributed by atoms with Gasteiger partial charge in [-0.1, -0.05) is 73.2 Å². The molecule has 0 fully saturated rings. The molecule has 0 saturated heterocycles. The van der Waals surface area contributed by atoms with E-state index in [1.165, 1.54) is 35.8 Å². The number of carboxylic acids is 1. The van der Waals surface area contributed by atoms with E-state index in [4.69, 9.17) is 5.11 Å². The van der Waals surface area contributed by atoms with E-state index in [9.17, 15) is 4.79 Å². The number of benzene rings is 2. The minimum atomic E-state index is -0.855. The highest BCUT2D eigenvalue weighted by molar-refractivity contribution is 7.99. The van der Waals surface area contributed by atoms with Gasteiger partial charge < -0.3 is 5.11 Å². The maximum atomic E-state index is 10.5. The summed E-state index contributed by atoms with van der Waals surface area (Å²) in [5, 5.41) is 9.31. The molecule has 0 radical (unpaired) electrons. The Kier molecular flexibility index (Phi) is 11.6. The summed E-state index contributed by atoms with van der Waals surface area (Å²) in [5.41, 5.74) is 2.78. The molecule has 0 spiro atoms. The fraction of sp³-hybridized carbons (Fsp3) is 0.375. The predicted octanol–water partition coefficient (Wildman–Crippen LogP) is 6.81. The zero-order valence-corrected chi connectivity index (χ0v) is 18.0. The first-order valence-electron chi connectivity index (χ1n) is 9.90. The Morgan fingerprint density at radius 2 is 1.54 bits per heavy atom. The topological polar surface area (TPSA) is 37.3 Å². The SMILES string of the molecule is O=C(O)/C=C/CCCCC(CCSCc1ccccc1)SCc1ccccc1. The number of hydrogen-bond donors (Lipinski definition) is 1. The number of carbonyl (C=O) groups is 1. The van der Waals surface area contributed by atoms with Crippen molar-refractivity contribution >= 4 is 29.5 Å². The molecule has 28 heavy (non-hydrogen) atoms. The van der Waals surface area contributed by atoms with Crippen LogP contribution < -0.4 is 0 Å². The van der Waals surface area contributed by atoms with Gasteiger partial charge in [-0.2, -0.15) is 23.5 Å². The molecule has 0 heterocycles. The van der Waals surface area contributed by atoms with Crippen LogP contribution in [-0.2, 0) is 16.3 Å². The zero-order chi connectivity index (χ0) is 19.9. The lowest BCUT2D eigenvalue weighted by atomic mass is 10.1. The third kappa shape index (κ3) is 10.6. The van der Waals surface area contributed by atoms with Crippen LogP contribution in [0.4, 0.5) is 0 Å². The summed E-state index contributed by atoms with van der Waals surface area (Å²) < 4.78 is 0. The van der Waals surface area contributed by atoms with Gasteiger partial charge in [-0.3, -0.25) is 0 Å². The zero-order valence-electron chi connectivity index (χ0n) is 16.3. The van der Waals surface area contributed by atoms with Crippen LogP contribution in [0.15, 0.2) is 72.8 Å². The van der Waals surface area contributed by atoms with Crippen molar-refractivity contribution in [3.05, 3.63) is 83.9 Å². The van der Waals surface area contributed by atoms with Crippen molar-refractivity contribution in [3.8, 4) is 0 Å². The summed E-state index contributed by atoms with van der Waals surface area (Å²) >= 11 is 4.08. The second-order valence-electron chi connectivity index (χ2n) is 6.77. The molecule has 1 atom stereocenters. The van der Waals surface area contributed by atoms with Gasteiger partial charge in [0.05, 0.1) is 0 Å². The van der Waals surface area contributed by atoms with Crippen molar-refractivity contribution in [2.45, 2.75) is 48.9 Å². The molecule has 0 amide bonds. The van der Waals surface area contributed by atoms with Gasteiger partial charge in [0, 0.05) is 22.8 Å². The summed E-state index contributed by atoms with van der Waals surface area (Å²) in [6.07, 6.45) is 8.50. The van der Waals surface area contributed by atoms with Crippen LogP contribution in [0.1, 0.15) is 43.2 Å². The van der Waals surface area contributed by atoms with E-state index >= 15 is 0 Å². The highest BCUT2D eigenvalue weighted by Crippen LogP contribution is 2.27. The van der Waals surface area contributed by atoms with Crippen molar-refractivity contribution in [2.75, 3.05) is 5.75 Å². The van der Waals surface area contributed by atoms with Gasteiger partial charge in [-0.25, -0.2) is 4.79 Å². The first kappa shape index (κ1) is 22.6. The van der Waals surface area contributed by atoms with Crippen molar-refractivity contribution in [1.29, 1.82) is 0 Å². The van der Waals surface area contributed by atoms with Crippen LogP contribution in [0.2, 0.25) is 0 Å². The molecule has 0 aliphatic heterocycles. The summed E-state index contributed by atoms with van der Waals surface area (Å²) in [6, 6.07) is 21.3. The molecule has 2 nitrogen and oxygen atoms in total. The Bertz CT molecular complexity index is 686.